The van der Waals surface area contributed by atoms with Gasteiger partial charge < -0.3 is 4.74 Å². The number of thiocarbonyl (C=S) groups is 1. The third kappa shape index (κ3) is 6.80. The van der Waals surface area contributed by atoms with Gasteiger partial charge in [0.15, 0.2) is 5.11 Å². The van der Waals surface area contributed by atoms with E-state index in [1.165, 1.54) is 17.3 Å². The molecule has 0 fully saturated rings. The number of thioether (sulfide) groups is 1. The van der Waals surface area contributed by atoms with Gasteiger partial charge in [0, 0.05) is 11.3 Å². The van der Waals surface area contributed by atoms with Gasteiger partial charge in [-0.15, -0.1) is 10.2 Å². The number of benzene rings is 2. The molecule has 2 N–H and O–H groups in total. The van der Waals surface area contributed by atoms with Gasteiger partial charge in [-0.3, -0.25) is 15.5 Å². The van der Waals surface area contributed by atoms with Crippen LogP contribution < -0.4 is 15.5 Å². The Bertz CT molecular complexity index is 1010. The zero-order valence-corrected chi connectivity index (χ0v) is 19.1. The van der Waals surface area contributed by atoms with Crippen LogP contribution in [0.3, 0.4) is 0 Å². The fourth-order valence-electron chi connectivity index (χ4n) is 2.63. The number of hydrogen-bond acceptors (Lipinski definition) is 6. The smallest absolute Gasteiger partial charge is 0.257 e. The summed E-state index contributed by atoms with van der Waals surface area (Å²) in [5.41, 5.74) is 4.66. The lowest BCUT2D eigenvalue weighted by molar-refractivity contribution is 0.0977. The van der Waals surface area contributed by atoms with Gasteiger partial charge in [-0.05, 0) is 55.4 Å². The number of ether oxygens (including phenoxy) is 1. The normalized spacial score (nSPS) is 10.5. The van der Waals surface area contributed by atoms with Gasteiger partial charge in [-0.2, -0.15) is 0 Å². The molecule has 0 bridgehead atoms. The molecule has 0 aliphatic rings. The topological polar surface area (TPSA) is 81.1 Å². The van der Waals surface area contributed by atoms with Crippen LogP contribution in [0.1, 0.15) is 41.5 Å². The van der Waals surface area contributed by atoms with Crippen molar-refractivity contribution in [2.75, 3.05) is 12.0 Å². The van der Waals surface area contributed by atoms with E-state index in [1.807, 2.05) is 25.1 Å². The standard InChI is InChI=1S/C22H25N5O2S2/c1-3-4-14-29-19-12-10-18(11-13-19)20(28)23-21(30)26-27-16(2)24-25-22(27)31-15-17-8-6-5-7-9-17/h5-13H,3-4,14-15H2,1-2H3,(H2,23,26,28,30). The largest absolute Gasteiger partial charge is 0.494 e. The summed E-state index contributed by atoms with van der Waals surface area (Å²) in [6, 6.07) is 17.1. The molecular weight excluding hydrogens is 430 g/mol. The van der Waals surface area contributed by atoms with E-state index in [2.05, 4.69) is 40.0 Å². The highest BCUT2D eigenvalue weighted by Gasteiger charge is 2.13. The number of nitrogens with zero attached hydrogens (tertiary/aromatic N) is 3. The minimum atomic E-state index is -0.304. The summed E-state index contributed by atoms with van der Waals surface area (Å²) >= 11 is 6.85. The molecule has 0 atom stereocenters. The van der Waals surface area contributed by atoms with Crippen LogP contribution in [0.15, 0.2) is 59.8 Å². The minimum Gasteiger partial charge on any atom is -0.494 e. The van der Waals surface area contributed by atoms with Gasteiger partial charge >= 0.3 is 0 Å². The molecule has 31 heavy (non-hydrogen) atoms. The number of carbonyl (C=O) groups is 1. The molecule has 3 rings (SSSR count). The zero-order chi connectivity index (χ0) is 22.1. The SMILES string of the molecule is CCCCOc1ccc(C(=O)NC(=S)Nn2c(C)nnc2SCc2ccccc2)cc1. The predicted octanol–water partition coefficient (Wildman–Crippen LogP) is 4.32. The lowest BCUT2D eigenvalue weighted by Crippen LogP contribution is -2.38. The van der Waals surface area contributed by atoms with Crippen LogP contribution in [0.4, 0.5) is 0 Å². The van der Waals surface area contributed by atoms with Gasteiger partial charge in [0.2, 0.25) is 5.16 Å². The van der Waals surface area contributed by atoms with Crippen LogP contribution in [0.25, 0.3) is 0 Å². The highest BCUT2D eigenvalue weighted by Crippen LogP contribution is 2.20. The summed E-state index contributed by atoms with van der Waals surface area (Å²) in [6.07, 6.45) is 2.07. The lowest BCUT2D eigenvalue weighted by atomic mass is 10.2. The molecule has 162 valence electrons. The molecule has 1 aromatic heterocycles. The van der Waals surface area contributed by atoms with Crippen molar-refractivity contribution >= 4 is 35.0 Å². The van der Waals surface area contributed by atoms with Gasteiger partial charge in [-0.1, -0.05) is 55.4 Å². The van der Waals surface area contributed by atoms with E-state index >= 15 is 0 Å². The molecule has 9 heteroatoms. The molecule has 0 radical (unpaired) electrons. The highest BCUT2D eigenvalue weighted by molar-refractivity contribution is 7.98. The van der Waals surface area contributed by atoms with Crippen molar-refractivity contribution in [3.8, 4) is 5.75 Å². The maximum atomic E-state index is 12.5. The van der Waals surface area contributed by atoms with Crippen molar-refractivity contribution in [3.05, 3.63) is 71.5 Å². The molecule has 3 aromatic rings. The Morgan fingerprint density at radius 3 is 2.58 bits per heavy atom. The second-order valence-corrected chi connectivity index (χ2v) is 8.11. The second kappa shape index (κ2) is 11.5. The number of aryl methyl sites for hydroxylation is 1. The summed E-state index contributed by atoms with van der Waals surface area (Å²) in [5.74, 6) is 1.82. The van der Waals surface area contributed by atoms with E-state index in [1.54, 1.807) is 28.9 Å². The molecule has 2 aromatic carbocycles. The average Bonchev–Trinajstić information content (AvgIpc) is 3.12. The van der Waals surface area contributed by atoms with Gasteiger partial charge in [-0.25, -0.2) is 4.68 Å². The van der Waals surface area contributed by atoms with Crippen molar-refractivity contribution in [3.63, 3.8) is 0 Å². The number of hydrogen-bond donors (Lipinski definition) is 2. The van der Waals surface area contributed by atoms with E-state index in [9.17, 15) is 4.79 Å². The van der Waals surface area contributed by atoms with E-state index in [0.717, 1.165) is 24.3 Å². The number of rotatable bonds is 9. The first kappa shape index (κ1) is 22.8. The molecule has 0 saturated carbocycles. The Balaban J connectivity index is 1.55. The summed E-state index contributed by atoms with van der Waals surface area (Å²) in [6.45, 7) is 4.59. The van der Waals surface area contributed by atoms with Crippen LogP contribution in [0, 0.1) is 6.92 Å². The van der Waals surface area contributed by atoms with E-state index in [-0.39, 0.29) is 11.0 Å². The Labute approximate surface area is 191 Å². The first-order chi connectivity index (χ1) is 15.1. The van der Waals surface area contributed by atoms with E-state index in [0.29, 0.717) is 23.2 Å². The second-order valence-electron chi connectivity index (χ2n) is 6.76. The van der Waals surface area contributed by atoms with E-state index < -0.39 is 0 Å². The Morgan fingerprint density at radius 2 is 1.87 bits per heavy atom. The first-order valence-electron chi connectivity index (χ1n) is 10.0. The van der Waals surface area contributed by atoms with Gasteiger partial charge in [0.05, 0.1) is 6.61 Å². The molecule has 0 unspecified atom stereocenters. The number of amides is 1. The number of nitrogens with one attached hydrogen (secondary N) is 2. The number of unbranched alkanes of at least 4 members (excludes halogenated alkanes) is 1. The predicted molar refractivity (Wildman–Crippen MR) is 127 cm³/mol. The van der Waals surface area contributed by atoms with Crippen LogP contribution in [-0.2, 0) is 5.75 Å². The highest BCUT2D eigenvalue weighted by atomic mass is 32.2. The van der Waals surface area contributed by atoms with Crippen molar-refractivity contribution in [2.24, 2.45) is 0 Å². The van der Waals surface area contributed by atoms with Crippen LogP contribution in [0.2, 0.25) is 0 Å². The summed E-state index contributed by atoms with van der Waals surface area (Å²) in [5, 5.41) is 11.8. The lowest BCUT2D eigenvalue weighted by Gasteiger charge is -2.13. The van der Waals surface area contributed by atoms with Crippen molar-refractivity contribution in [1.29, 1.82) is 0 Å². The van der Waals surface area contributed by atoms with Crippen molar-refractivity contribution < 1.29 is 9.53 Å². The van der Waals surface area contributed by atoms with Crippen LogP contribution >= 0.6 is 24.0 Å². The Hall–Kier alpha value is -2.91. The van der Waals surface area contributed by atoms with Crippen molar-refractivity contribution in [1.82, 2.24) is 20.2 Å². The summed E-state index contributed by atoms with van der Waals surface area (Å²) in [7, 11) is 0. The fourth-order valence-corrected chi connectivity index (χ4v) is 3.71. The molecule has 0 saturated heterocycles. The molecular formula is C22H25N5O2S2. The molecule has 0 aliphatic heterocycles. The Kier molecular flexibility index (Phi) is 8.43. The van der Waals surface area contributed by atoms with Crippen LogP contribution in [-0.4, -0.2) is 32.5 Å². The molecule has 1 heterocycles. The van der Waals surface area contributed by atoms with Gasteiger partial charge in [0.25, 0.3) is 5.91 Å². The third-order valence-corrected chi connectivity index (χ3v) is 5.52. The Morgan fingerprint density at radius 1 is 1.13 bits per heavy atom. The van der Waals surface area contributed by atoms with E-state index in [4.69, 9.17) is 17.0 Å². The van der Waals surface area contributed by atoms with Gasteiger partial charge in [0.1, 0.15) is 11.6 Å². The third-order valence-electron chi connectivity index (χ3n) is 4.33. The van der Waals surface area contributed by atoms with Crippen molar-refractivity contribution in [2.45, 2.75) is 37.6 Å². The zero-order valence-electron chi connectivity index (χ0n) is 17.5. The quantitative estimate of drug-likeness (QED) is 0.283. The monoisotopic (exact) mass is 455 g/mol. The number of carbonyl (C=O) groups excluding carboxylic acids is 1. The first-order valence-corrected chi connectivity index (χ1v) is 11.4. The molecule has 7 nitrogen and oxygen atoms in total. The molecule has 0 aliphatic carbocycles. The van der Waals surface area contributed by atoms with Crippen LogP contribution in [0.5, 0.6) is 5.75 Å². The fraction of sp³-hybridized carbons (Fsp3) is 0.273. The summed E-state index contributed by atoms with van der Waals surface area (Å²) < 4.78 is 7.29. The maximum Gasteiger partial charge on any atom is 0.257 e. The average molecular weight is 456 g/mol. The minimum absolute atomic E-state index is 0.165. The molecule has 0 spiro atoms. The summed E-state index contributed by atoms with van der Waals surface area (Å²) in [4.78, 5) is 12.5. The number of aromatic nitrogens is 3. The maximum absolute atomic E-state index is 12.5. The molecule has 1 amide bonds.